The lowest BCUT2D eigenvalue weighted by atomic mass is 10.2. The van der Waals surface area contributed by atoms with Crippen LogP contribution in [0.2, 0.25) is 0 Å². The van der Waals surface area contributed by atoms with Crippen molar-refractivity contribution in [1.29, 1.82) is 0 Å². The van der Waals surface area contributed by atoms with Crippen LogP contribution < -0.4 is 4.90 Å². The zero-order valence-electron chi connectivity index (χ0n) is 12.0. The first kappa shape index (κ1) is 16.0. The van der Waals surface area contributed by atoms with E-state index < -0.39 is 0 Å². The number of para-hydroxylation sites is 1. The van der Waals surface area contributed by atoms with Gasteiger partial charge in [0, 0.05) is 12.2 Å². The Morgan fingerprint density at radius 2 is 1.60 bits per heavy atom. The maximum atomic E-state index is 11.6. The molecule has 0 N–H and O–H groups in total. The van der Waals surface area contributed by atoms with Crippen molar-refractivity contribution in [3.63, 3.8) is 0 Å². The molecule has 0 fully saturated rings. The Labute approximate surface area is 119 Å². The van der Waals surface area contributed by atoms with E-state index >= 15 is 0 Å². The molecule has 20 heavy (non-hydrogen) atoms. The maximum absolute atomic E-state index is 11.6. The third-order valence-electron chi connectivity index (χ3n) is 2.64. The molecule has 0 saturated heterocycles. The number of rotatable bonds is 8. The second-order valence-electron chi connectivity index (χ2n) is 4.12. The van der Waals surface area contributed by atoms with Crippen LogP contribution >= 0.6 is 0 Å². The summed E-state index contributed by atoms with van der Waals surface area (Å²) in [5.41, 5.74) is 0.879. The van der Waals surface area contributed by atoms with Gasteiger partial charge in [0.25, 0.3) is 0 Å². The normalized spacial score (nSPS) is 9.90. The van der Waals surface area contributed by atoms with Crippen LogP contribution in [0.25, 0.3) is 0 Å². The van der Waals surface area contributed by atoms with Crippen molar-refractivity contribution in [2.45, 2.75) is 20.3 Å². The number of esters is 2. The second-order valence-corrected chi connectivity index (χ2v) is 4.12. The number of hydrogen-bond donors (Lipinski definition) is 0. The molecule has 0 radical (unpaired) electrons. The minimum atomic E-state index is -0.305. The quantitative estimate of drug-likeness (QED) is 0.681. The molecule has 0 aromatic heterocycles. The summed E-state index contributed by atoms with van der Waals surface area (Å²) in [6.45, 7) is 4.79. The van der Waals surface area contributed by atoms with Gasteiger partial charge in [-0.25, -0.2) is 0 Å². The maximum Gasteiger partial charge on any atom is 0.325 e. The van der Waals surface area contributed by atoms with Crippen molar-refractivity contribution in [3.05, 3.63) is 30.3 Å². The molecule has 1 rings (SSSR count). The Kier molecular flexibility index (Phi) is 7.17. The van der Waals surface area contributed by atoms with E-state index in [9.17, 15) is 9.59 Å². The Bertz CT molecular complexity index is 419. The summed E-state index contributed by atoms with van der Waals surface area (Å²) < 4.78 is 9.85. The lowest BCUT2D eigenvalue weighted by molar-refractivity contribution is -0.144. The van der Waals surface area contributed by atoms with Crippen molar-refractivity contribution in [3.8, 4) is 0 Å². The van der Waals surface area contributed by atoms with E-state index in [1.54, 1.807) is 13.8 Å². The SMILES string of the molecule is CCOC(=O)CCN(CC(=O)OCC)c1ccccc1. The smallest absolute Gasteiger partial charge is 0.325 e. The lowest BCUT2D eigenvalue weighted by Gasteiger charge is -2.23. The molecule has 1 aromatic carbocycles. The Hall–Kier alpha value is -2.04. The van der Waals surface area contributed by atoms with E-state index in [1.165, 1.54) is 0 Å². The van der Waals surface area contributed by atoms with Crippen LogP contribution in [0.5, 0.6) is 0 Å². The van der Waals surface area contributed by atoms with Gasteiger partial charge < -0.3 is 14.4 Å². The van der Waals surface area contributed by atoms with Gasteiger partial charge in [-0.3, -0.25) is 9.59 Å². The molecule has 0 bridgehead atoms. The van der Waals surface area contributed by atoms with Gasteiger partial charge in [0.15, 0.2) is 0 Å². The number of nitrogens with zero attached hydrogens (tertiary/aromatic N) is 1. The molecular formula is C15H21NO4. The summed E-state index contributed by atoms with van der Waals surface area (Å²) in [6.07, 6.45) is 0.238. The average molecular weight is 279 g/mol. The van der Waals surface area contributed by atoms with Crippen LogP contribution in [0, 0.1) is 0 Å². The summed E-state index contributed by atoms with van der Waals surface area (Å²) >= 11 is 0. The summed E-state index contributed by atoms with van der Waals surface area (Å²) in [5.74, 6) is -0.572. The Morgan fingerprint density at radius 1 is 1.00 bits per heavy atom. The van der Waals surface area contributed by atoms with E-state index in [1.807, 2.05) is 35.2 Å². The molecule has 0 aliphatic heterocycles. The van der Waals surface area contributed by atoms with E-state index in [0.29, 0.717) is 19.8 Å². The third kappa shape index (κ3) is 5.73. The predicted octanol–water partition coefficient (Wildman–Crippen LogP) is 2.01. The fourth-order valence-corrected chi connectivity index (χ4v) is 1.76. The van der Waals surface area contributed by atoms with Gasteiger partial charge in [0.05, 0.1) is 19.6 Å². The summed E-state index contributed by atoms with van der Waals surface area (Å²) in [5, 5.41) is 0. The largest absolute Gasteiger partial charge is 0.466 e. The van der Waals surface area contributed by atoms with Gasteiger partial charge in [-0.2, -0.15) is 0 Å². The summed E-state index contributed by atoms with van der Waals surface area (Å²) in [6, 6.07) is 9.46. The molecule has 1 aromatic rings. The summed E-state index contributed by atoms with van der Waals surface area (Å²) in [7, 11) is 0. The third-order valence-corrected chi connectivity index (χ3v) is 2.64. The minimum absolute atomic E-state index is 0.122. The topological polar surface area (TPSA) is 55.8 Å². The van der Waals surface area contributed by atoms with Crippen molar-refractivity contribution in [1.82, 2.24) is 0 Å². The van der Waals surface area contributed by atoms with Crippen LogP contribution in [0.4, 0.5) is 5.69 Å². The predicted molar refractivity (Wildman–Crippen MR) is 76.5 cm³/mol. The van der Waals surface area contributed by atoms with E-state index in [2.05, 4.69) is 0 Å². The minimum Gasteiger partial charge on any atom is -0.466 e. The molecule has 0 heterocycles. The fraction of sp³-hybridized carbons (Fsp3) is 0.467. The summed E-state index contributed by atoms with van der Waals surface area (Å²) in [4.78, 5) is 24.9. The molecule has 0 aliphatic carbocycles. The molecule has 5 heteroatoms. The van der Waals surface area contributed by atoms with Crippen molar-refractivity contribution in [2.75, 3.05) is 31.2 Å². The highest BCUT2D eigenvalue weighted by Crippen LogP contribution is 2.13. The monoisotopic (exact) mass is 279 g/mol. The van der Waals surface area contributed by atoms with Gasteiger partial charge >= 0.3 is 11.9 Å². The van der Waals surface area contributed by atoms with Crippen molar-refractivity contribution < 1.29 is 19.1 Å². The molecule has 110 valence electrons. The van der Waals surface area contributed by atoms with Crippen molar-refractivity contribution >= 4 is 17.6 Å². The van der Waals surface area contributed by atoms with Crippen molar-refractivity contribution in [2.24, 2.45) is 0 Å². The highest BCUT2D eigenvalue weighted by molar-refractivity contribution is 5.76. The first-order valence-electron chi connectivity index (χ1n) is 6.78. The van der Waals surface area contributed by atoms with Crippen LogP contribution in [-0.4, -0.2) is 38.2 Å². The van der Waals surface area contributed by atoms with Gasteiger partial charge in [-0.15, -0.1) is 0 Å². The number of carbonyl (C=O) groups is 2. The molecule has 0 spiro atoms. The fourth-order valence-electron chi connectivity index (χ4n) is 1.76. The van der Waals surface area contributed by atoms with Crippen LogP contribution in [-0.2, 0) is 19.1 Å². The van der Waals surface area contributed by atoms with E-state index in [4.69, 9.17) is 9.47 Å². The van der Waals surface area contributed by atoms with Gasteiger partial charge in [-0.1, -0.05) is 18.2 Å². The number of benzene rings is 1. The molecule has 0 amide bonds. The number of anilines is 1. The van der Waals surface area contributed by atoms with E-state index in [-0.39, 0.29) is 24.9 Å². The average Bonchev–Trinajstić information content (AvgIpc) is 2.45. The molecule has 0 atom stereocenters. The number of hydrogen-bond acceptors (Lipinski definition) is 5. The standard InChI is InChI=1S/C15H21NO4/c1-3-19-14(17)10-11-16(12-15(18)20-4-2)13-8-6-5-7-9-13/h5-9H,3-4,10-12H2,1-2H3. The van der Waals surface area contributed by atoms with Gasteiger partial charge in [0.2, 0.25) is 0 Å². The molecule has 0 unspecified atom stereocenters. The Balaban J connectivity index is 2.64. The number of ether oxygens (including phenoxy) is 2. The first-order chi connectivity index (χ1) is 9.67. The van der Waals surface area contributed by atoms with Crippen LogP contribution in [0.15, 0.2) is 30.3 Å². The lowest BCUT2D eigenvalue weighted by Crippen LogP contribution is -2.33. The second kappa shape index (κ2) is 8.96. The highest BCUT2D eigenvalue weighted by atomic mass is 16.5. The molecule has 5 nitrogen and oxygen atoms in total. The van der Waals surface area contributed by atoms with Crippen LogP contribution in [0.1, 0.15) is 20.3 Å². The Morgan fingerprint density at radius 3 is 2.20 bits per heavy atom. The number of carbonyl (C=O) groups excluding carboxylic acids is 2. The molecule has 0 saturated carbocycles. The molecular weight excluding hydrogens is 258 g/mol. The molecule has 0 aliphatic rings. The first-order valence-corrected chi connectivity index (χ1v) is 6.78. The highest BCUT2D eigenvalue weighted by Gasteiger charge is 2.14. The van der Waals surface area contributed by atoms with Gasteiger partial charge in [-0.05, 0) is 26.0 Å². The zero-order chi connectivity index (χ0) is 14.8. The zero-order valence-corrected chi connectivity index (χ0v) is 12.0. The van der Waals surface area contributed by atoms with E-state index in [0.717, 1.165) is 5.69 Å². The van der Waals surface area contributed by atoms with Gasteiger partial charge in [0.1, 0.15) is 6.54 Å². The van der Waals surface area contributed by atoms with Crippen LogP contribution in [0.3, 0.4) is 0 Å².